The maximum absolute atomic E-state index is 6.08. The largest absolute Gasteiger partial charge is 0.378 e. The average molecular weight is 504 g/mol. The minimum Gasteiger partial charge on any atom is -0.378 e. The van der Waals surface area contributed by atoms with Gasteiger partial charge in [-0.3, -0.25) is 0 Å². The Bertz CT molecular complexity index is 1380. The van der Waals surface area contributed by atoms with Crippen LogP contribution in [0.25, 0.3) is 23.0 Å². The summed E-state index contributed by atoms with van der Waals surface area (Å²) in [6.45, 7) is 0. The first-order valence-corrected chi connectivity index (χ1v) is 11.3. The lowest BCUT2D eigenvalue weighted by Gasteiger charge is -2.13. The van der Waals surface area contributed by atoms with Gasteiger partial charge in [0.1, 0.15) is 0 Å². The van der Waals surface area contributed by atoms with Gasteiger partial charge < -0.3 is 4.90 Å². The SMILES string of the molecule is CN(C)c1ccc(C=C(c2nnnn2-c2ccc(Cl)cc2)c2nnnn2-c2ccc(Cl)cc2)cc1. The Hall–Kier alpha value is -4.08. The van der Waals surface area contributed by atoms with Crippen molar-refractivity contribution in [3.05, 3.63) is 100 Å². The standard InChI is InChI=1S/C24H19Cl2N9/c1-33(2)19-9-3-16(4-10-19)15-22(23-27-29-31-34(23)20-11-5-17(25)6-12-20)24-28-30-32-35(24)21-13-7-18(26)8-14-21/h3-15H,1-2H3. The molecular formula is C24H19Cl2N9. The van der Waals surface area contributed by atoms with Crippen molar-refractivity contribution in [2.75, 3.05) is 19.0 Å². The van der Waals surface area contributed by atoms with Crippen LogP contribution in [0.4, 0.5) is 5.69 Å². The van der Waals surface area contributed by atoms with E-state index in [9.17, 15) is 0 Å². The van der Waals surface area contributed by atoms with Crippen molar-refractivity contribution in [2.45, 2.75) is 0 Å². The van der Waals surface area contributed by atoms with Gasteiger partial charge in [-0.25, -0.2) is 0 Å². The quantitative estimate of drug-likeness (QED) is 0.334. The zero-order valence-corrected chi connectivity index (χ0v) is 20.3. The molecule has 5 rings (SSSR count). The van der Waals surface area contributed by atoms with Gasteiger partial charge in [0.25, 0.3) is 0 Å². The molecule has 0 bridgehead atoms. The van der Waals surface area contributed by atoms with Crippen molar-refractivity contribution in [1.29, 1.82) is 0 Å². The summed E-state index contributed by atoms with van der Waals surface area (Å²) < 4.78 is 3.24. The monoisotopic (exact) mass is 503 g/mol. The number of nitrogens with zero attached hydrogens (tertiary/aromatic N) is 9. The van der Waals surface area contributed by atoms with Crippen LogP contribution in [0.5, 0.6) is 0 Å². The lowest BCUT2D eigenvalue weighted by Crippen LogP contribution is -2.09. The molecule has 9 nitrogen and oxygen atoms in total. The maximum atomic E-state index is 6.08. The molecule has 0 saturated heterocycles. The molecule has 0 N–H and O–H groups in total. The minimum atomic E-state index is 0.467. The molecule has 11 heteroatoms. The summed E-state index contributed by atoms with van der Waals surface area (Å²) in [7, 11) is 3.99. The first-order valence-electron chi connectivity index (χ1n) is 10.6. The first kappa shape index (κ1) is 22.7. The van der Waals surface area contributed by atoms with Crippen LogP contribution < -0.4 is 4.90 Å². The minimum absolute atomic E-state index is 0.467. The molecule has 0 atom stereocenters. The number of aromatic nitrogens is 8. The summed E-state index contributed by atoms with van der Waals surface area (Å²) in [4.78, 5) is 2.04. The van der Waals surface area contributed by atoms with Gasteiger partial charge in [0.05, 0.1) is 16.9 Å². The third kappa shape index (κ3) is 4.77. The number of anilines is 1. The van der Waals surface area contributed by atoms with Gasteiger partial charge in [0.2, 0.25) is 0 Å². The Labute approximate surface area is 211 Å². The molecule has 0 radical (unpaired) electrons. The highest BCUT2D eigenvalue weighted by Crippen LogP contribution is 2.27. The van der Waals surface area contributed by atoms with E-state index >= 15 is 0 Å². The lowest BCUT2D eigenvalue weighted by molar-refractivity contribution is 0.779. The van der Waals surface area contributed by atoms with Crippen molar-refractivity contribution in [2.24, 2.45) is 0 Å². The highest BCUT2D eigenvalue weighted by molar-refractivity contribution is 6.30. The molecule has 0 unspecified atom stereocenters. The van der Waals surface area contributed by atoms with Gasteiger partial charge in [0, 0.05) is 29.8 Å². The zero-order valence-electron chi connectivity index (χ0n) is 18.8. The summed E-state index contributed by atoms with van der Waals surface area (Å²) in [5, 5.41) is 26.2. The van der Waals surface area contributed by atoms with E-state index in [1.54, 1.807) is 33.6 Å². The fourth-order valence-electron chi connectivity index (χ4n) is 3.49. The number of hydrogen-bond acceptors (Lipinski definition) is 7. The van der Waals surface area contributed by atoms with Crippen LogP contribution in [0.15, 0.2) is 72.8 Å². The zero-order chi connectivity index (χ0) is 24.4. The summed E-state index contributed by atoms with van der Waals surface area (Å²) >= 11 is 12.2. The highest BCUT2D eigenvalue weighted by atomic mass is 35.5. The number of tetrazole rings is 2. The second-order valence-electron chi connectivity index (χ2n) is 7.83. The van der Waals surface area contributed by atoms with E-state index in [4.69, 9.17) is 23.2 Å². The highest BCUT2D eigenvalue weighted by Gasteiger charge is 2.22. The third-order valence-electron chi connectivity index (χ3n) is 5.28. The Morgan fingerprint density at radius 1 is 0.686 bits per heavy atom. The molecule has 2 heterocycles. The van der Waals surface area contributed by atoms with Crippen LogP contribution >= 0.6 is 23.2 Å². The summed E-state index contributed by atoms with van der Waals surface area (Å²) in [6.07, 6.45) is 1.95. The summed E-state index contributed by atoms with van der Waals surface area (Å²) in [5.74, 6) is 0.933. The summed E-state index contributed by atoms with van der Waals surface area (Å²) in [6, 6.07) is 22.6. The smallest absolute Gasteiger partial charge is 0.190 e. The maximum Gasteiger partial charge on any atom is 0.190 e. The summed E-state index contributed by atoms with van der Waals surface area (Å²) in [5.41, 5.74) is 4.13. The molecule has 0 aliphatic heterocycles. The Morgan fingerprint density at radius 2 is 1.14 bits per heavy atom. The van der Waals surface area contributed by atoms with Crippen LogP contribution in [-0.2, 0) is 0 Å². The van der Waals surface area contributed by atoms with Crippen molar-refractivity contribution >= 4 is 40.5 Å². The van der Waals surface area contributed by atoms with E-state index in [2.05, 4.69) is 31.1 Å². The molecule has 0 aliphatic carbocycles. The van der Waals surface area contributed by atoms with Gasteiger partial charge in [-0.2, -0.15) is 9.36 Å². The number of rotatable bonds is 6. The molecule has 0 spiro atoms. The average Bonchev–Trinajstić information content (AvgIpc) is 3.54. The third-order valence-corrected chi connectivity index (χ3v) is 5.79. The van der Waals surface area contributed by atoms with Crippen LogP contribution in [-0.4, -0.2) is 54.5 Å². The van der Waals surface area contributed by atoms with Crippen molar-refractivity contribution in [3.63, 3.8) is 0 Å². The normalized spacial score (nSPS) is 10.9. The van der Waals surface area contributed by atoms with Crippen molar-refractivity contribution in [3.8, 4) is 11.4 Å². The van der Waals surface area contributed by atoms with Gasteiger partial charge in [-0.1, -0.05) is 35.3 Å². The molecule has 0 amide bonds. The Kier molecular flexibility index (Phi) is 6.26. The van der Waals surface area contributed by atoms with Crippen LogP contribution in [0.2, 0.25) is 10.0 Å². The van der Waals surface area contributed by atoms with Gasteiger partial charge >= 0.3 is 0 Å². The molecule has 3 aromatic carbocycles. The van der Waals surface area contributed by atoms with Crippen LogP contribution in [0.1, 0.15) is 17.2 Å². The van der Waals surface area contributed by atoms with E-state index in [0.29, 0.717) is 27.3 Å². The van der Waals surface area contributed by atoms with E-state index in [1.165, 1.54) is 0 Å². The predicted octanol–water partition coefficient (Wildman–Crippen LogP) is 4.60. The molecular weight excluding hydrogens is 485 g/mol. The van der Waals surface area contributed by atoms with E-state index in [0.717, 1.165) is 22.6 Å². The van der Waals surface area contributed by atoms with E-state index in [1.807, 2.05) is 73.6 Å². The number of halogens is 2. The van der Waals surface area contributed by atoms with Crippen molar-refractivity contribution < 1.29 is 0 Å². The van der Waals surface area contributed by atoms with Crippen molar-refractivity contribution in [1.82, 2.24) is 40.4 Å². The van der Waals surface area contributed by atoms with E-state index < -0.39 is 0 Å². The van der Waals surface area contributed by atoms with E-state index in [-0.39, 0.29) is 0 Å². The number of benzene rings is 3. The molecule has 2 aromatic heterocycles. The molecule has 174 valence electrons. The van der Waals surface area contributed by atoms with Gasteiger partial charge in [0.15, 0.2) is 11.6 Å². The first-order chi connectivity index (χ1) is 17.0. The molecule has 0 fully saturated rings. The topological polar surface area (TPSA) is 90.4 Å². The molecule has 35 heavy (non-hydrogen) atoms. The van der Waals surface area contributed by atoms with Crippen LogP contribution in [0.3, 0.4) is 0 Å². The Morgan fingerprint density at radius 3 is 1.57 bits per heavy atom. The molecule has 5 aromatic rings. The predicted molar refractivity (Wildman–Crippen MR) is 136 cm³/mol. The lowest BCUT2D eigenvalue weighted by atomic mass is 10.1. The number of hydrogen-bond donors (Lipinski definition) is 0. The molecule has 0 aliphatic rings. The fourth-order valence-corrected chi connectivity index (χ4v) is 3.74. The van der Waals surface area contributed by atoms with Gasteiger partial charge in [-0.05, 0) is 93.2 Å². The second kappa shape index (κ2) is 9.65. The fraction of sp³-hybridized carbons (Fsp3) is 0.0833. The Balaban J connectivity index is 1.68. The van der Waals surface area contributed by atoms with Crippen LogP contribution in [0, 0.1) is 0 Å². The second-order valence-corrected chi connectivity index (χ2v) is 8.70. The molecule has 0 saturated carbocycles. The van der Waals surface area contributed by atoms with Gasteiger partial charge in [-0.15, -0.1) is 10.2 Å².